The first-order valence-corrected chi connectivity index (χ1v) is 12.7. The third kappa shape index (κ3) is 4.35. The molecule has 0 aliphatic heterocycles. The van der Waals surface area contributed by atoms with Crippen molar-refractivity contribution in [3.05, 3.63) is 65.6 Å². The Morgan fingerprint density at radius 2 is 2.03 bits per heavy atom. The first-order valence-electron chi connectivity index (χ1n) is 11.5. The highest BCUT2D eigenvalue weighted by Crippen LogP contribution is 2.40. The van der Waals surface area contributed by atoms with Crippen molar-refractivity contribution in [3.8, 4) is 11.1 Å². The number of urea groups is 1. The molecule has 0 spiro atoms. The van der Waals surface area contributed by atoms with Crippen LogP contribution in [0, 0.1) is 12.8 Å². The molecule has 176 valence electrons. The van der Waals surface area contributed by atoms with Gasteiger partial charge in [-0.15, -0.1) is 0 Å². The minimum absolute atomic E-state index is 0.330. The zero-order valence-corrected chi connectivity index (χ0v) is 20.4. The summed E-state index contributed by atoms with van der Waals surface area (Å²) >= 11 is 0. The molecule has 0 radical (unpaired) electrons. The van der Waals surface area contributed by atoms with Gasteiger partial charge in [0.25, 0.3) is 0 Å². The smallest absolute Gasteiger partial charge is 0.306 e. The fourth-order valence-electron chi connectivity index (χ4n) is 4.67. The summed E-state index contributed by atoms with van der Waals surface area (Å²) in [7, 11) is -1.75. The number of hydrogen-bond acceptors (Lipinski definition) is 4. The third-order valence-electron chi connectivity index (χ3n) is 6.07. The second-order valence-corrected chi connectivity index (χ2v) is 10.3. The van der Waals surface area contributed by atoms with Gasteiger partial charge in [-0.25, -0.2) is 13.5 Å². The largest absolute Gasteiger partial charge is 0.331 e. The Bertz CT molecular complexity index is 1400. The molecule has 5 rings (SSSR count). The Hall–Kier alpha value is -3.46. The van der Waals surface area contributed by atoms with Crippen molar-refractivity contribution in [2.45, 2.75) is 51.6 Å². The molecule has 1 aliphatic rings. The number of carbonyl (C=O) groups excluding carboxylic acids is 1. The molecule has 1 atom stereocenters. The van der Waals surface area contributed by atoms with E-state index in [9.17, 15) is 9.00 Å². The average Bonchev–Trinajstić information content (AvgIpc) is 3.53. The van der Waals surface area contributed by atoms with Gasteiger partial charge in [0, 0.05) is 30.7 Å². The molecule has 2 N–H and O–H groups in total. The Balaban J connectivity index is 1.44. The summed E-state index contributed by atoms with van der Waals surface area (Å²) in [5.41, 5.74) is 7.25. The third-order valence-corrected chi connectivity index (χ3v) is 7.04. The van der Waals surface area contributed by atoms with Gasteiger partial charge in [0.05, 0.1) is 11.2 Å². The van der Waals surface area contributed by atoms with E-state index in [0.717, 1.165) is 59.3 Å². The van der Waals surface area contributed by atoms with E-state index in [-0.39, 0.29) is 0 Å². The lowest BCUT2D eigenvalue weighted by Crippen LogP contribution is -2.31. The quantitative estimate of drug-likeness (QED) is 0.429. The van der Waals surface area contributed by atoms with Crippen molar-refractivity contribution < 1.29 is 9.00 Å². The molecule has 0 fully saturated rings. The molecule has 34 heavy (non-hydrogen) atoms. The standard InChI is InChI=1S/C25H28N6O2S/c1-16(2)15-30-11-9-22(28-30)34(33)29-25(32)27-24-21-6-4-5-18(21)13-17(3)23(24)19-8-12-31-20(14-19)7-10-26-31/h7-14,16H,4-6,15H2,1-3H3,(H2,27,29,32). The molecule has 0 bridgehead atoms. The molecule has 3 heterocycles. The maximum absolute atomic E-state index is 13.0. The fourth-order valence-corrected chi connectivity index (χ4v) is 5.36. The maximum Gasteiger partial charge on any atom is 0.331 e. The minimum Gasteiger partial charge on any atom is -0.306 e. The number of carbonyl (C=O) groups is 1. The number of benzene rings is 1. The number of aryl methyl sites for hydroxylation is 2. The summed E-state index contributed by atoms with van der Waals surface area (Å²) in [6.07, 6.45) is 8.41. The minimum atomic E-state index is -1.75. The van der Waals surface area contributed by atoms with Crippen LogP contribution in [0.5, 0.6) is 0 Å². The summed E-state index contributed by atoms with van der Waals surface area (Å²) in [6, 6.07) is 9.41. The molecule has 2 amide bonds. The van der Waals surface area contributed by atoms with E-state index < -0.39 is 17.0 Å². The molecule has 8 nitrogen and oxygen atoms in total. The van der Waals surface area contributed by atoms with Gasteiger partial charge in [-0.2, -0.15) is 10.2 Å². The molecule has 1 unspecified atom stereocenters. The second-order valence-electron chi connectivity index (χ2n) is 9.15. The van der Waals surface area contributed by atoms with Crippen LogP contribution in [0.15, 0.2) is 53.9 Å². The lowest BCUT2D eigenvalue weighted by molar-refractivity contribution is 0.257. The molecule has 4 aromatic rings. The summed E-state index contributed by atoms with van der Waals surface area (Å²) in [4.78, 5) is 13.0. The fraction of sp³-hybridized carbons (Fsp3) is 0.320. The molecule has 0 saturated carbocycles. The molecule has 9 heteroatoms. The maximum atomic E-state index is 13.0. The summed E-state index contributed by atoms with van der Waals surface area (Å²) in [5.74, 6) is 0.418. The van der Waals surface area contributed by atoms with Crippen LogP contribution >= 0.6 is 0 Å². The van der Waals surface area contributed by atoms with Crippen LogP contribution < -0.4 is 10.0 Å². The molecule has 1 aliphatic carbocycles. The van der Waals surface area contributed by atoms with Gasteiger partial charge in [0.15, 0.2) is 16.0 Å². The van der Waals surface area contributed by atoms with Crippen LogP contribution in [0.25, 0.3) is 16.6 Å². The van der Waals surface area contributed by atoms with Crippen molar-refractivity contribution in [2.75, 3.05) is 5.32 Å². The first kappa shape index (κ1) is 22.3. The normalized spacial score (nSPS) is 13.9. The van der Waals surface area contributed by atoms with Gasteiger partial charge < -0.3 is 5.32 Å². The zero-order chi connectivity index (χ0) is 23.8. The van der Waals surface area contributed by atoms with Crippen LogP contribution in [0.1, 0.15) is 37.0 Å². The molecule has 3 aromatic heterocycles. The van der Waals surface area contributed by atoms with Crippen molar-refractivity contribution in [3.63, 3.8) is 0 Å². The van der Waals surface area contributed by atoms with E-state index in [1.807, 2.05) is 22.8 Å². The molecular weight excluding hydrogens is 448 g/mol. The highest BCUT2D eigenvalue weighted by Gasteiger charge is 2.23. The highest BCUT2D eigenvalue weighted by molar-refractivity contribution is 7.83. The van der Waals surface area contributed by atoms with E-state index in [0.29, 0.717) is 10.9 Å². The summed E-state index contributed by atoms with van der Waals surface area (Å²) in [5, 5.41) is 12.0. The topological polar surface area (TPSA) is 93.3 Å². The van der Waals surface area contributed by atoms with E-state index >= 15 is 0 Å². The van der Waals surface area contributed by atoms with Gasteiger partial charge in [-0.05, 0) is 78.6 Å². The number of anilines is 1. The second kappa shape index (κ2) is 9.06. The number of fused-ring (bicyclic) bond motifs is 2. The number of aromatic nitrogens is 4. The molecular formula is C25H28N6O2S. The Labute approximate surface area is 201 Å². The van der Waals surface area contributed by atoms with E-state index in [2.05, 4.69) is 53.1 Å². The van der Waals surface area contributed by atoms with Gasteiger partial charge in [-0.1, -0.05) is 19.9 Å². The summed E-state index contributed by atoms with van der Waals surface area (Å²) in [6.45, 7) is 6.97. The van der Waals surface area contributed by atoms with Crippen LogP contribution in [-0.2, 0) is 30.4 Å². The predicted octanol–water partition coefficient (Wildman–Crippen LogP) is 4.50. The lowest BCUT2D eigenvalue weighted by atomic mass is 9.93. The average molecular weight is 477 g/mol. The number of rotatable bonds is 6. The lowest BCUT2D eigenvalue weighted by Gasteiger charge is -2.19. The van der Waals surface area contributed by atoms with Crippen molar-refractivity contribution in [1.82, 2.24) is 24.1 Å². The van der Waals surface area contributed by atoms with E-state index in [1.165, 1.54) is 5.56 Å². The monoisotopic (exact) mass is 476 g/mol. The van der Waals surface area contributed by atoms with Crippen LogP contribution in [-0.4, -0.2) is 29.6 Å². The number of pyridine rings is 1. The van der Waals surface area contributed by atoms with Gasteiger partial charge in [0.1, 0.15) is 0 Å². The van der Waals surface area contributed by atoms with Crippen molar-refractivity contribution >= 4 is 28.2 Å². The van der Waals surface area contributed by atoms with Gasteiger partial charge in [-0.3, -0.25) is 9.40 Å². The number of nitrogens with one attached hydrogen (secondary N) is 2. The van der Waals surface area contributed by atoms with Crippen molar-refractivity contribution in [2.24, 2.45) is 5.92 Å². The molecule has 0 saturated heterocycles. The Kier molecular flexibility index (Phi) is 5.95. The van der Waals surface area contributed by atoms with E-state index in [1.54, 1.807) is 23.1 Å². The highest BCUT2D eigenvalue weighted by atomic mass is 32.2. The van der Waals surface area contributed by atoms with Gasteiger partial charge >= 0.3 is 6.03 Å². The number of nitrogens with zero attached hydrogens (tertiary/aromatic N) is 4. The van der Waals surface area contributed by atoms with Crippen LogP contribution in [0.3, 0.4) is 0 Å². The van der Waals surface area contributed by atoms with Crippen LogP contribution in [0.4, 0.5) is 10.5 Å². The summed E-state index contributed by atoms with van der Waals surface area (Å²) < 4.78 is 18.9. The zero-order valence-electron chi connectivity index (χ0n) is 19.5. The Morgan fingerprint density at radius 3 is 2.85 bits per heavy atom. The predicted molar refractivity (Wildman–Crippen MR) is 133 cm³/mol. The SMILES string of the molecule is Cc1cc2c(c(NC(=O)NS(=O)c3ccn(CC(C)C)n3)c1-c1ccn3nccc3c1)CCC2. The number of amides is 2. The number of hydrogen-bond donors (Lipinski definition) is 2. The Morgan fingerprint density at radius 1 is 1.18 bits per heavy atom. The van der Waals surface area contributed by atoms with Crippen molar-refractivity contribution in [1.29, 1.82) is 0 Å². The van der Waals surface area contributed by atoms with E-state index in [4.69, 9.17) is 0 Å². The van der Waals surface area contributed by atoms with Crippen LogP contribution in [0.2, 0.25) is 0 Å². The molecule has 1 aromatic carbocycles. The first-order chi connectivity index (χ1) is 16.4. The van der Waals surface area contributed by atoms with Gasteiger partial charge in [0.2, 0.25) is 0 Å².